The van der Waals surface area contributed by atoms with E-state index in [0.29, 0.717) is 10.2 Å². The number of carbonyl (C=O) groups is 1. The first kappa shape index (κ1) is 15.5. The predicted octanol–water partition coefficient (Wildman–Crippen LogP) is 3.62. The number of benzene rings is 2. The number of halogens is 2. The number of aliphatic hydroxyl groups is 1. The number of urea groups is 1. The molecule has 21 heavy (non-hydrogen) atoms. The number of carbonyl (C=O) groups excluding carboxylic acids is 1. The van der Waals surface area contributed by atoms with E-state index in [1.54, 1.807) is 30.3 Å². The highest BCUT2D eigenvalue weighted by Crippen LogP contribution is 2.21. The van der Waals surface area contributed by atoms with E-state index >= 15 is 0 Å². The Morgan fingerprint density at radius 1 is 1.24 bits per heavy atom. The summed E-state index contributed by atoms with van der Waals surface area (Å²) in [5.74, 6) is -0.533. The van der Waals surface area contributed by atoms with E-state index in [1.165, 1.54) is 17.0 Å². The van der Waals surface area contributed by atoms with Crippen LogP contribution in [0.15, 0.2) is 53.0 Å². The fraction of sp³-hybridized carbons (Fsp3) is 0.133. The zero-order chi connectivity index (χ0) is 15.2. The van der Waals surface area contributed by atoms with Crippen LogP contribution in [0.25, 0.3) is 0 Å². The summed E-state index contributed by atoms with van der Waals surface area (Å²) in [5, 5.41) is 11.6. The summed E-state index contributed by atoms with van der Waals surface area (Å²) >= 11 is 3.16. The molecular formula is C15H14BrFN2O2. The van der Waals surface area contributed by atoms with Crippen molar-refractivity contribution in [3.63, 3.8) is 0 Å². The molecule has 0 heterocycles. The zero-order valence-corrected chi connectivity index (χ0v) is 12.7. The molecule has 2 rings (SSSR count). The molecule has 0 bridgehead atoms. The maximum absolute atomic E-state index is 13.7. The molecule has 0 aliphatic carbocycles. The minimum absolute atomic E-state index is 0.0853. The molecule has 2 aromatic rings. The van der Waals surface area contributed by atoms with Crippen LogP contribution in [0.3, 0.4) is 0 Å². The van der Waals surface area contributed by atoms with Gasteiger partial charge in [0, 0.05) is 10.2 Å². The monoisotopic (exact) mass is 352 g/mol. The predicted molar refractivity (Wildman–Crippen MR) is 84.0 cm³/mol. The Morgan fingerprint density at radius 3 is 2.57 bits per heavy atom. The van der Waals surface area contributed by atoms with Gasteiger partial charge in [0.2, 0.25) is 0 Å². The second kappa shape index (κ2) is 7.19. The minimum atomic E-state index is -0.533. The van der Waals surface area contributed by atoms with Crippen molar-refractivity contribution in [2.24, 2.45) is 0 Å². The van der Waals surface area contributed by atoms with Gasteiger partial charge in [-0.25, -0.2) is 9.18 Å². The lowest BCUT2D eigenvalue weighted by atomic mass is 10.3. The summed E-state index contributed by atoms with van der Waals surface area (Å²) in [6.07, 6.45) is 0. The molecule has 6 heteroatoms. The highest BCUT2D eigenvalue weighted by molar-refractivity contribution is 9.10. The van der Waals surface area contributed by atoms with Gasteiger partial charge < -0.3 is 10.4 Å². The summed E-state index contributed by atoms with van der Waals surface area (Å²) in [7, 11) is 0. The molecule has 0 saturated heterocycles. The average Bonchev–Trinajstić information content (AvgIpc) is 2.48. The minimum Gasteiger partial charge on any atom is -0.395 e. The van der Waals surface area contributed by atoms with Crippen molar-refractivity contribution in [2.75, 3.05) is 23.4 Å². The van der Waals surface area contributed by atoms with Crippen LogP contribution in [0.5, 0.6) is 0 Å². The van der Waals surface area contributed by atoms with Crippen LogP contribution < -0.4 is 10.2 Å². The number of hydrogen-bond donors (Lipinski definition) is 2. The van der Waals surface area contributed by atoms with E-state index in [9.17, 15) is 9.18 Å². The van der Waals surface area contributed by atoms with Crippen molar-refractivity contribution < 1.29 is 14.3 Å². The Labute approximate surface area is 130 Å². The number of aliphatic hydroxyl groups excluding tert-OH is 1. The van der Waals surface area contributed by atoms with E-state index in [0.717, 1.165) is 0 Å². The van der Waals surface area contributed by atoms with Gasteiger partial charge in [-0.05, 0) is 30.3 Å². The lowest BCUT2D eigenvalue weighted by Crippen LogP contribution is -2.37. The molecule has 0 radical (unpaired) electrons. The molecule has 2 amide bonds. The van der Waals surface area contributed by atoms with Crippen molar-refractivity contribution in [3.8, 4) is 0 Å². The SMILES string of the molecule is O=C(Nc1ccc(Br)cc1F)N(CCO)c1ccccc1. The number of para-hydroxylation sites is 1. The maximum Gasteiger partial charge on any atom is 0.326 e. The molecule has 0 atom stereocenters. The molecule has 0 spiro atoms. The molecule has 0 fully saturated rings. The normalized spacial score (nSPS) is 10.2. The Morgan fingerprint density at radius 2 is 1.95 bits per heavy atom. The Hall–Kier alpha value is -1.92. The van der Waals surface area contributed by atoms with Crippen LogP contribution in [0, 0.1) is 5.82 Å². The Bertz CT molecular complexity index is 622. The molecule has 0 saturated carbocycles. The van der Waals surface area contributed by atoms with Crippen LogP contribution in [0.2, 0.25) is 0 Å². The highest BCUT2D eigenvalue weighted by atomic mass is 79.9. The standard InChI is InChI=1S/C15H14BrFN2O2/c16-11-6-7-14(13(17)10-11)18-15(21)19(8-9-20)12-4-2-1-3-5-12/h1-7,10,20H,8-9H2,(H,18,21). The van der Waals surface area contributed by atoms with Crippen molar-refractivity contribution in [2.45, 2.75) is 0 Å². The number of rotatable bonds is 4. The van der Waals surface area contributed by atoms with Gasteiger partial charge in [0.15, 0.2) is 0 Å². The largest absolute Gasteiger partial charge is 0.395 e. The van der Waals surface area contributed by atoms with E-state index in [1.807, 2.05) is 6.07 Å². The first-order valence-corrected chi connectivity index (χ1v) is 7.10. The van der Waals surface area contributed by atoms with E-state index < -0.39 is 11.8 Å². The van der Waals surface area contributed by atoms with Crippen LogP contribution in [0.4, 0.5) is 20.6 Å². The summed E-state index contributed by atoms with van der Waals surface area (Å²) < 4.78 is 14.3. The number of amides is 2. The number of nitrogens with zero attached hydrogens (tertiary/aromatic N) is 1. The van der Waals surface area contributed by atoms with E-state index in [4.69, 9.17) is 5.11 Å². The molecule has 2 N–H and O–H groups in total. The van der Waals surface area contributed by atoms with E-state index in [-0.39, 0.29) is 18.8 Å². The molecule has 2 aromatic carbocycles. The van der Waals surface area contributed by atoms with Gasteiger partial charge in [0.05, 0.1) is 18.8 Å². The van der Waals surface area contributed by atoms with Gasteiger partial charge in [0.1, 0.15) is 5.82 Å². The van der Waals surface area contributed by atoms with Gasteiger partial charge in [-0.2, -0.15) is 0 Å². The highest BCUT2D eigenvalue weighted by Gasteiger charge is 2.16. The second-order valence-corrected chi connectivity index (χ2v) is 5.18. The second-order valence-electron chi connectivity index (χ2n) is 4.27. The summed E-state index contributed by atoms with van der Waals surface area (Å²) in [6.45, 7) is -0.0703. The van der Waals surface area contributed by atoms with Gasteiger partial charge in [-0.1, -0.05) is 34.1 Å². The van der Waals surface area contributed by atoms with E-state index in [2.05, 4.69) is 21.2 Å². The van der Waals surface area contributed by atoms with Gasteiger partial charge in [0.25, 0.3) is 0 Å². The molecular weight excluding hydrogens is 339 g/mol. The molecule has 4 nitrogen and oxygen atoms in total. The van der Waals surface area contributed by atoms with Crippen LogP contribution in [-0.2, 0) is 0 Å². The average molecular weight is 353 g/mol. The number of nitrogens with one attached hydrogen (secondary N) is 1. The fourth-order valence-corrected chi connectivity index (χ4v) is 2.16. The van der Waals surface area contributed by atoms with Crippen molar-refractivity contribution in [1.82, 2.24) is 0 Å². The maximum atomic E-state index is 13.7. The summed E-state index contributed by atoms with van der Waals surface area (Å²) in [6, 6.07) is 12.8. The zero-order valence-electron chi connectivity index (χ0n) is 11.1. The van der Waals surface area contributed by atoms with Crippen molar-refractivity contribution in [1.29, 1.82) is 0 Å². The molecule has 0 aliphatic rings. The third-order valence-electron chi connectivity index (χ3n) is 2.81. The number of anilines is 2. The summed E-state index contributed by atoms with van der Waals surface area (Å²) in [5.41, 5.74) is 0.712. The van der Waals surface area contributed by atoms with Gasteiger partial charge in [-0.3, -0.25) is 4.90 Å². The van der Waals surface area contributed by atoms with Crippen LogP contribution in [0.1, 0.15) is 0 Å². The molecule has 0 aromatic heterocycles. The first-order valence-electron chi connectivity index (χ1n) is 6.31. The lowest BCUT2D eigenvalue weighted by Gasteiger charge is -2.22. The first-order chi connectivity index (χ1) is 10.1. The van der Waals surface area contributed by atoms with Crippen LogP contribution >= 0.6 is 15.9 Å². The topological polar surface area (TPSA) is 52.6 Å². The lowest BCUT2D eigenvalue weighted by molar-refractivity contribution is 0.252. The van der Waals surface area contributed by atoms with Gasteiger partial charge in [-0.15, -0.1) is 0 Å². The molecule has 0 unspecified atom stereocenters. The smallest absolute Gasteiger partial charge is 0.326 e. The van der Waals surface area contributed by atoms with Gasteiger partial charge >= 0.3 is 6.03 Å². The Kier molecular flexibility index (Phi) is 5.30. The third-order valence-corrected chi connectivity index (χ3v) is 3.30. The Balaban J connectivity index is 2.19. The van der Waals surface area contributed by atoms with Crippen LogP contribution in [-0.4, -0.2) is 24.3 Å². The molecule has 0 aliphatic heterocycles. The van der Waals surface area contributed by atoms with Crippen molar-refractivity contribution >= 4 is 33.3 Å². The third kappa shape index (κ3) is 4.03. The molecule has 110 valence electrons. The fourth-order valence-electron chi connectivity index (χ4n) is 1.83. The number of hydrogen-bond acceptors (Lipinski definition) is 2. The quantitative estimate of drug-likeness (QED) is 0.882. The van der Waals surface area contributed by atoms with Crippen molar-refractivity contribution in [3.05, 3.63) is 58.8 Å². The summed E-state index contributed by atoms with van der Waals surface area (Å²) in [4.78, 5) is 13.6.